The molecule has 1 atom stereocenters. The van der Waals surface area contributed by atoms with Crippen LogP contribution < -0.4 is 10.1 Å². The number of hydrogen-bond acceptors (Lipinski definition) is 3. The van der Waals surface area contributed by atoms with Crippen LogP contribution in [0.2, 0.25) is 0 Å². The van der Waals surface area contributed by atoms with Crippen LogP contribution in [0.3, 0.4) is 0 Å². The molecule has 0 fully saturated rings. The molecule has 1 aromatic heterocycles. The van der Waals surface area contributed by atoms with E-state index in [4.69, 9.17) is 4.74 Å². The monoisotopic (exact) mass is 323 g/mol. The highest BCUT2D eigenvalue weighted by molar-refractivity contribution is 9.10. The van der Waals surface area contributed by atoms with Crippen molar-refractivity contribution in [3.8, 4) is 5.75 Å². The summed E-state index contributed by atoms with van der Waals surface area (Å²) in [5.74, 6) is 0.873. The van der Waals surface area contributed by atoms with E-state index < -0.39 is 0 Å². The van der Waals surface area contributed by atoms with E-state index in [2.05, 4.69) is 33.3 Å². The second kappa shape index (κ2) is 6.73. The molecule has 19 heavy (non-hydrogen) atoms. The first-order valence-corrected chi connectivity index (χ1v) is 7.04. The van der Waals surface area contributed by atoms with Crippen LogP contribution in [-0.4, -0.2) is 22.4 Å². The van der Waals surface area contributed by atoms with Crippen molar-refractivity contribution in [2.24, 2.45) is 7.05 Å². The molecular formula is C14H18BrN3O. The predicted molar refractivity (Wildman–Crippen MR) is 79.1 cm³/mol. The smallest absolute Gasteiger partial charge is 0.133 e. The lowest BCUT2D eigenvalue weighted by molar-refractivity contribution is 0.215. The van der Waals surface area contributed by atoms with Gasteiger partial charge in [0, 0.05) is 31.9 Å². The number of ether oxygens (including phenoxy) is 1. The fraction of sp³-hybridized carbons (Fsp3) is 0.357. The average Bonchev–Trinajstić information content (AvgIpc) is 2.78. The molecule has 0 radical (unpaired) electrons. The maximum absolute atomic E-state index is 5.86. The highest BCUT2D eigenvalue weighted by Crippen LogP contribution is 2.24. The fourth-order valence-electron chi connectivity index (χ4n) is 1.78. The number of para-hydroxylation sites is 1. The summed E-state index contributed by atoms with van der Waals surface area (Å²) in [6, 6.07) is 7.88. The van der Waals surface area contributed by atoms with Crippen LogP contribution in [0.4, 0.5) is 0 Å². The minimum absolute atomic E-state index is 0.107. The Morgan fingerprint density at radius 3 is 2.89 bits per heavy atom. The Hall–Kier alpha value is -1.33. The van der Waals surface area contributed by atoms with Gasteiger partial charge >= 0.3 is 0 Å². The molecule has 0 aliphatic carbocycles. The zero-order chi connectivity index (χ0) is 13.7. The summed E-state index contributed by atoms with van der Waals surface area (Å²) in [6.07, 6.45) is 3.98. The molecule has 0 aliphatic heterocycles. The third-order valence-corrected chi connectivity index (χ3v) is 3.34. The summed E-state index contributed by atoms with van der Waals surface area (Å²) < 4.78 is 8.64. The van der Waals surface area contributed by atoms with Crippen molar-refractivity contribution in [1.82, 2.24) is 15.1 Å². The third kappa shape index (κ3) is 4.36. The van der Waals surface area contributed by atoms with Gasteiger partial charge in [0.05, 0.1) is 10.7 Å². The van der Waals surface area contributed by atoms with E-state index in [1.165, 1.54) is 5.56 Å². The SMILES string of the molecule is C[C@H](CNCc1cnn(C)c1)Oc1ccccc1Br. The molecule has 1 N–H and O–H groups in total. The third-order valence-electron chi connectivity index (χ3n) is 2.68. The number of hydrogen-bond donors (Lipinski definition) is 1. The maximum atomic E-state index is 5.86. The first kappa shape index (κ1) is 14.1. The van der Waals surface area contributed by atoms with Crippen LogP contribution in [-0.2, 0) is 13.6 Å². The first-order valence-electron chi connectivity index (χ1n) is 6.24. The fourth-order valence-corrected chi connectivity index (χ4v) is 2.16. The summed E-state index contributed by atoms with van der Waals surface area (Å²) in [4.78, 5) is 0. The topological polar surface area (TPSA) is 39.1 Å². The molecule has 2 rings (SSSR count). The Kier molecular flexibility index (Phi) is 4.99. The number of aryl methyl sites for hydroxylation is 1. The van der Waals surface area contributed by atoms with E-state index in [9.17, 15) is 0 Å². The zero-order valence-electron chi connectivity index (χ0n) is 11.1. The van der Waals surface area contributed by atoms with Crippen molar-refractivity contribution in [2.75, 3.05) is 6.54 Å². The average molecular weight is 324 g/mol. The molecule has 5 heteroatoms. The molecule has 0 saturated carbocycles. The first-order chi connectivity index (χ1) is 9.15. The molecule has 102 valence electrons. The molecular weight excluding hydrogens is 306 g/mol. The van der Waals surface area contributed by atoms with Crippen molar-refractivity contribution < 1.29 is 4.74 Å². The standard InChI is InChI=1S/C14H18BrN3O/c1-11(19-14-6-4-3-5-13(14)15)7-16-8-12-9-17-18(2)10-12/h3-6,9-11,16H,7-8H2,1-2H3/t11-/m1/s1. The second-order valence-corrected chi connectivity index (χ2v) is 5.37. The van der Waals surface area contributed by atoms with Crippen molar-refractivity contribution in [2.45, 2.75) is 19.6 Å². The Morgan fingerprint density at radius 2 is 2.21 bits per heavy atom. The summed E-state index contributed by atoms with van der Waals surface area (Å²) in [7, 11) is 1.92. The van der Waals surface area contributed by atoms with E-state index in [0.29, 0.717) is 0 Å². The van der Waals surface area contributed by atoms with Gasteiger partial charge in [0.15, 0.2) is 0 Å². The molecule has 0 amide bonds. The van der Waals surface area contributed by atoms with Gasteiger partial charge in [-0.25, -0.2) is 0 Å². The lowest BCUT2D eigenvalue weighted by atomic mass is 10.3. The number of nitrogens with one attached hydrogen (secondary N) is 1. The van der Waals surface area contributed by atoms with Crippen molar-refractivity contribution in [1.29, 1.82) is 0 Å². The molecule has 1 aromatic carbocycles. The Bertz CT molecular complexity index is 527. The largest absolute Gasteiger partial charge is 0.488 e. The van der Waals surface area contributed by atoms with Crippen LogP contribution >= 0.6 is 15.9 Å². The number of aromatic nitrogens is 2. The van der Waals surface area contributed by atoms with Gasteiger partial charge in [-0.3, -0.25) is 4.68 Å². The summed E-state index contributed by atoms with van der Waals surface area (Å²) >= 11 is 3.48. The summed E-state index contributed by atoms with van der Waals surface area (Å²) in [5, 5.41) is 7.49. The number of nitrogens with zero attached hydrogens (tertiary/aromatic N) is 2. The van der Waals surface area contributed by atoms with Gasteiger partial charge in [-0.15, -0.1) is 0 Å². The van der Waals surface area contributed by atoms with Crippen LogP contribution in [0.1, 0.15) is 12.5 Å². The number of halogens is 1. The Morgan fingerprint density at radius 1 is 1.42 bits per heavy atom. The van der Waals surface area contributed by atoms with Gasteiger partial charge < -0.3 is 10.1 Å². The van der Waals surface area contributed by atoms with Gasteiger partial charge in [0.25, 0.3) is 0 Å². The molecule has 2 aromatic rings. The van der Waals surface area contributed by atoms with Crippen LogP contribution in [0.25, 0.3) is 0 Å². The minimum atomic E-state index is 0.107. The normalized spacial score (nSPS) is 12.4. The molecule has 0 unspecified atom stereocenters. The minimum Gasteiger partial charge on any atom is -0.488 e. The van der Waals surface area contributed by atoms with Gasteiger partial charge in [-0.1, -0.05) is 12.1 Å². The van der Waals surface area contributed by atoms with Crippen molar-refractivity contribution in [3.05, 3.63) is 46.7 Å². The molecule has 0 saturated heterocycles. The van der Waals surface area contributed by atoms with E-state index in [0.717, 1.165) is 23.3 Å². The Balaban J connectivity index is 1.76. The van der Waals surface area contributed by atoms with Crippen LogP contribution in [0.15, 0.2) is 41.1 Å². The summed E-state index contributed by atoms with van der Waals surface area (Å²) in [5.41, 5.74) is 1.18. The maximum Gasteiger partial charge on any atom is 0.133 e. The Labute approximate surface area is 121 Å². The quantitative estimate of drug-likeness (QED) is 0.888. The summed E-state index contributed by atoms with van der Waals surface area (Å²) in [6.45, 7) is 3.64. The van der Waals surface area contributed by atoms with E-state index >= 15 is 0 Å². The van der Waals surface area contributed by atoms with Crippen molar-refractivity contribution in [3.63, 3.8) is 0 Å². The van der Waals surface area contributed by atoms with E-state index in [-0.39, 0.29) is 6.10 Å². The van der Waals surface area contributed by atoms with E-state index in [1.807, 2.05) is 43.7 Å². The number of rotatable bonds is 6. The number of benzene rings is 1. The van der Waals surface area contributed by atoms with Gasteiger partial charge in [-0.2, -0.15) is 5.10 Å². The molecule has 1 heterocycles. The molecule has 4 nitrogen and oxygen atoms in total. The van der Waals surface area contributed by atoms with Gasteiger partial charge in [0.1, 0.15) is 11.9 Å². The van der Waals surface area contributed by atoms with Gasteiger partial charge in [-0.05, 0) is 35.0 Å². The molecule has 0 aliphatic rings. The molecule has 0 spiro atoms. The lowest BCUT2D eigenvalue weighted by Gasteiger charge is -2.16. The van der Waals surface area contributed by atoms with Crippen LogP contribution in [0, 0.1) is 0 Å². The van der Waals surface area contributed by atoms with Crippen molar-refractivity contribution >= 4 is 15.9 Å². The second-order valence-electron chi connectivity index (χ2n) is 4.51. The molecule has 0 bridgehead atoms. The lowest BCUT2D eigenvalue weighted by Crippen LogP contribution is -2.28. The van der Waals surface area contributed by atoms with Gasteiger partial charge in [0.2, 0.25) is 0 Å². The van der Waals surface area contributed by atoms with Crippen LogP contribution in [0.5, 0.6) is 5.75 Å². The van der Waals surface area contributed by atoms with E-state index in [1.54, 1.807) is 4.68 Å². The predicted octanol–water partition coefficient (Wildman–Crippen LogP) is 2.74. The highest BCUT2D eigenvalue weighted by atomic mass is 79.9. The zero-order valence-corrected chi connectivity index (χ0v) is 12.7. The highest BCUT2D eigenvalue weighted by Gasteiger charge is 2.06.